The molecule has 0 spiro atoms. The van der Waals surface area contributed by atoms with Crippen molar-refractivity contribution in [2.45, 2.75) is 45.1 Å². The summed E-state index contributed by atoms with van der Waals surface area (Å²) in [6, 6.07) is 5.49. The van der Waals surface area contributed by atoms with Gasteiger partial charge in [0.2, 0.25) is 0 Å². The molecule has 1 aromatic carbocycles. The van der Waals surface area contributed by atoms with Crippen molar-refractivity contribution < 1.29 is 4.79 Å². The lowest BCUT2D eigenvalue weighted by Gasteiger charge is -2.42. The fourth-order valence-corrected chi connectivity index (χ4v) is 2.43. The van der Waals surface area contributed by atoms with Gasteiger partial charge in [-0.1, -0.05) is 6.92 Å². The van der Waals surface area contributed by atoms with Crippen LogP contribution < -0.4 is 11.1 Å². The minimum absolute atomic E-state index is 0.00181. The fourth-order valence-electron chi connectivity index (χ4n) is 2.43. The van der Waals surface area contributed by atoms with Crippen molar-refractivity contribution in [3.8, 4) is 0 Å². The van der Waals surface area contributed by atoms with Crippen LogP contribution in [0, 0.1) is 6.92 Å². The molecular weight excluding hydrogens is 212 g/mol. The number of benzene rings is 1. The van der Waals surface area contributed by atoms with Gasteiger partial charge in [0.1, 0.15) is 0 Å². The van der Waals surface area contributed by atoms with Gasteiger partial charge in [0.15, 0.2) is 0 Å². The van der Waals surface area contributed by atoms with E-state index in [1.165, 1.54) is 6.42 Å². The highest BCUT2D eigenvalue weighted by Crippen LogP contribution is 2.34. The number of nitrogens with one attached hydrogen (secondary N) is 1. The lowest BCUT2D eigenvalue weighted by Crippen LogP contribution is -2.52. The monoisotopic (exact) mass is 232 g/mol. The molecule has 0 bridgehead atoms. The van der Waals surface area contributed by atoms with Gasteiger partial charge in [-0.25, -0.2) is 0 Å². The van der Waals surface area contributed by atoms with Gasteiger partial charge in [-0.05, 0) is 56.4 Å². The minimum atomic E-state index is 0.00181. The molecule has 1 saturated carbocycles. The summed E-state index contributed by atoms with van der Waals surface area (Å²) in [5.41, 5.74) is 8.14. The summed E-state index contributed by atoms with van der Waals surface area (Å²) < 4.78 is 0. The van der Waals surface area contributed by atoms with E-state index in [4.69, 9.17) is 5.73 Å². The number of hydrogen-bond donors (Lipinski definition) is 2. The van der Waals surface area contributed by atoms with Gasteiger partial charge in [-0.15, -0.1) is 0 Å². The number of nitrogens with two attached hydrogens (primary N) is 1. The van der Waals surface area contributed by atoms with Crippen LogP contribution in [0.25, 0.3) is 0 Å². The number of nitrogen functional groups attached to an aromatic ring is 1. The zero-order chi connectivity index (χ0) is 12.5. The zero-order valence-electron chi connectivity index (χ0n) is 10.5. The van der Waals surface area contributed by atoms with Crippen LogP contribution in [0.15, 0.2) is 18.2 Å². The van der Waals surface area contributed by atoms with Crippen molar-refractivity contribution in [1.29, 1.82) is 0 Å². The second kappa shape index (κ2) is 4.40. The molecule has 1 amide bonds. The highest BCUT2D eigenvalue weighted by atomic mass is 16.1. The Morgan fingerprint density at radius 2 is 2.12 bits per heavy atom. The van der Waals surface area contributed by atoms with E-state index in [1.54, 1.807) is 6.07 Å². The summed E-state index contributed by atoms with van der Waals surface area (Å²) >= 11 is 0. The molecule has 0 radical (unpaired) electrons. The Balaban J connectivity index is 2.14. The van der Waals surface area contributed by atoms with Gasteiger partial charge < -0.3 is 11.1 Å². The second-order valence-corrected chi connectivity index (χ2v) is 5.07. The lowest BCUT2D eigenvalue weighted by molar-refractivity contribution is 0.0820. The number of rotatable bonds is 3. The van der Waals surface area contributed by atoms with Gasteiger partial charge in [0, 0.05) is 16.8 Å². The van der Waals surface area contributed by atoms with Crippen LogP contribution in [0.5, 0.6) is 0 Å². The fraction of sp³-hybridized carbons (Fsp3) is 0.500. The first-order valence-corrected chi connectivity index (χ1v) is 6.24. The summed E-state index contributed by atoms with van der Waals surface area (Å²) in [5, 5.41) is 3.16. The van der Waals surface area contributed by atoms with Crippen molar-refractivity contribution in [2.75, 3.05) is 5.73 Å². The van der Waals surface area contributed by atoms with Crippen LogP contribution in [0.4, 0.5) is 5.69 Å². The van der Waals surface area contributed by atoms with Gasteiger partial charge in [0.05, 0.1) is 0 Å². The molecule has 0 atom stereocenters. The smallest absolute Gasteiger partial charge is 0.251 e. The van der Waals surface area contributed by atoms with Crippen LogP contribution in [0.1, 0.15) is 48.5 Å². The maximum absolute atomic E-state index is 12.1. The first-order valence-electron chi connectivity index (χ1n) is 6.24. The molecule has 1 aliphatic carbocycles. The molecule has 0 saturated heterocycles. The normalized spacial score (nSPS) is 17.3. The average molecular weight is 232 g/mol. The summed E-state index contributed by atoms with van der Waals surface area (Å²) in [6.07, 6.45) is 4.40. The summed E-state index contributed by atoms with van der Waals surface area (Å²) in [6.45, 7) is 4.08. The molecule has 1 fully saturated rings. The van der Waals surface area contributed by atoms with E-state index in [9.17, 15) is 4.79 Å². The molecular formula is C14H20N2O. The summed E-state index contributed by atoms with van der Waals surface area (Å²) in [7, 11) is 0. The van der Waals surface area contributed by atoms with E-state index in [2.05, 4.69) is 12.2 Å². The summed E-state index contributed by atoms with van der Waals surface area (Å²) in [4.78, 5) is 12.1. The summed E-state index contributed by atoms with van der Waals surface area (Å²) in [5.74, 6) is 0.00181. The first-order chi connectivity index (χ1) is 8.04. The Morgan fingerprint density at radius 1 is 1.41 bits per heavy atom. The van der Waals surface area contributed by atoms with Crippen LogP contribution in [-0.2, 0) is 0 Å². The van der Waals surface area contributed by atoms with Crippen LogP contribution in [0.3, 0.4) is 0 Å². The number of aryl methyl sites for hydroxylation is 1. The topological polar surface area (TPSA) is 55.1 Å². The lowest BCUT2D eigenvalue weighted by atomic mass is 9.74. The van der Waals surface area contributed by atoms with Crippen LogP contribution in [0.2, 0.25) is 0 Å². The van der Waals surface area contributed by atoms with Crippen molar-refractivity contribution in [3.63, 3.8) is 0 Å². The molecule has 1 aliphatic rings. The molecule has 0 aromatic heterocycles. The molecule has 0 aliphatic heterocycles. The third-order valence-electron chi connectivity index (χ3n) is 3.73. The molecule has 1 aromatic rings. The number of amides is 1. The standard InChI is InChI=1S/C14H20N2O/c1-3-14(5-4-6-14)16-13(17)11-7-10(2)8-12(15)9-11/h7-9H,3-6,15H2,1-2H3,(H,16,17). The van der Waals surface area contributed by atoms with Crippen LogP contribution >= 0.6 is 0 Å². The Bertz CT molecular complexity index is 410. The SMILES string of the molecule is CCC1(NC(=O)c2cc(C)cc(N)c2)CCC1. The maximum atomic E-state index is 12.1. The minimum Gasteiger partial charge on any atom is -0.399 e. The van der Waals surface area contributed by atoms with Crippen molar-refractivity contribution >= 4 is 11.6 Å². The molecule has 17 heavy (non-hydrogen) atoms. The number of anilines is 1. The molecule has 2 rings (SSSR count). The molecule has 92 valence electrons. The van der Waals surface area contributed by atoms with Crippen molar-refractivity contribution in [2.24, 2.45) is 0 Å². The number of hydrogen-bond acceptors (Lipinski definition) is 2. The average Bonchev–Trinajstić information content (AvgIpc) is 2.21. The number of carbonyl (C=O) groups excluding carboxylic acids is 1. The largest absolute Gasteiger partial charge is 0.399 e. The predicted molar refractivity (Wildman–Crippen MR) is 69.9 cm³/mol. The third-order valence-corrected chi connectivity index (χ3v) is 3.73. The van der Waals surface area contributed by atoms with Crippen LogP contribution in [-0.4, -0.2) is 11.4 Å². The maximum Gasteiger partial charge on any atom is 0.251 e. The molecule has 0 unspecified atom stereocenters. The third kappa shape index (κ3) is 2.43. The van der Waals surface area contributed by atoms with Gasteiger partial charge in [-0.3, -0.25) is 4.79 Å². The Kier molecular flexibility index (Phi) is 3.09. The molecule has 3 nitrogen and oxygen atoms in total. The van der Waals surface area contributed by atoms with E-state index in [0.717, 1.165) is 24.8 Å². The molecule has 3 N–H and O–H groups in total. The van der Waals surface area contributed by atoms with Gasteiger partial charge in [-0.2, -0.15) is 0 Å². The zero-order valence-corrected chi connectivity index (χ0v) is 10.5. The second-order valence-electron chi connectivity index (χ2n) is 5.07. The van der Waals surface area contributed by atoms with Gasteiger partial charge in [0.25, 0.3) is 5.91 Å². The Morgan fingerprint density at radius 3 is 2.59 bits per heavy atom. The number of carbonyl (C=O) groups is 1. The van der Waals surface area contributed by atoms with E-state index in [-0.39, 0.29) is 11.4 Å². The first kappa shape index (κ1) is 12.0. The Hall–Kier alpha value is -1.51. The highest BCUT2D eigenvalue weighted by Gasteiger charge is 2.36. The predicted octanol–water partition coefficient (Wildman–Crippen LogP) is 2.64. The van der Waals surface area contributed by atoms with E-state index in [1.807, 2.05) is 19.1 Å². The van der Waals surface area contributed by atoms with E-state index in [0.29, 0.717) is 11.3 Å². The highest BCUT2D eigenvalue weighted by molar-refractivity contribution is 5.95. The van der Waals surface area contributed by atoms with E-state index < -0.39 is 0 Å². The molecule has 3 heteroatoms. The molecule has 0 heterocycles. The van der Waals surface area contributed by atoms with Gasteiger partial charge >= 0.3 is 0 Å². The Labute approximate surface area is 102 Å². The van der Waals surface area contributed by atoms with Crippen molar-refractivity contribution in [1.82, 2.24) is 5.32 Å². The quantitative estimate of drug-likeness (QED) is 0.787. The van der Waals surface area contributed by atoms with Crippen molar-refractivity contribution in [3.05, 3.63) is 29.3 Å². The van der Waals surface area contributed by atoms with E-state index >= 15 is 0 Å².